The van der Waals surface area contributed by atoms with Gasteiger partial charge in [0.2, 0.25) is 0 Å². The molecule has 0 aliphatic rings. The van der Waals surface area contributed by atoms with Crippen molar-refractivity contribution in [1.82, 2.24) is 9.78 Å². The highest BCUT2D eigenvalue weighted by Crippen LogP contribution is 2.25. The van der Waals surface area contributed by atoms with Crippen molar-refractivity contribution in [3.63, 3.8) is 0 Å². The molecule has 2 rings (SSSR count). The van der Waals surface area contributed by atoms with Crippen LogP contribution >= 0.6 is 11.6 Å². The molecule has 0 atom stereocenters. The molecule has 4 heteroatoms. The molecule has 0 aliphatic heterocycles. The van der Waals surface area contributed by atoms with Gasteiger partial charge in [0.1, 0.15) is 0 Å². The van der Waals surface area contributed by atoms with Gasteiger partial charge in [-0.25, -0.2) is 0 Å². The third-order valence-corrected chi connectivity index (χ3v) is 2.87. The lowest BCUT2D eigenvalue weighted by Crippen LogP contribution is -1.92. The van der Waals surface area contributed by atoms with Crippen molar-refractivity contribution in [2.24, 2.45) is 0 Å². The first-order valence-corrected chi connectivity index (χ1v) is 5.54. The van der Waals surface area contributed by atoms with Crippen LogP contribution in [0, 0.1) is 0 Å². The van der Waals surface area contributed by atoms with Gasteiger partial charge in [0.15, 0.2) is 0 Å². The lowest BCUT2D eigenvalue weighted by molar-refractivity contribution is 0.282. The number of rotatable bonds is 3. The Balaban J connectivity index is 2.37. The third kappa shape index (κ3) is 2.10. The first-order valence-electron chi connectivity index (χ1n) is 5.16. The van der Waals surface area contributed by atoms with Crippen LogP contribution in [0.4, 0.5) is 0 Å². The summed E-state index contributed by atoms with van der Waals surface area (Å²) < 4.78 is 1.86. The standard InChI is InChI=1S/C12H13ClN2O/c1-2-15-7-11(6-14-15)9-3-4-10(8-16)12(13)5-9/h3-7,16H,2,8H2,1H3. The van der Waals surface area contributed by atoms with Gasteiger partial charge in [0, 0.05) is 23.3 Å². The van der Waals surface area contributed by atoms with Crippen LogP contribution in [0.1, 0.15) is 12.5 Å². The Morgan fingerprint density at radius 3 is 2.75 bits per heavy atom. The first kappa shape index (κ1) is 11.2. The van der Waals surface area contributed by atoms with Crippen molar-refractivity contribution in [3.05, 3.63) is 41.2 Å². The van der Waals surface area contributed by atoms with Gasteiger partial charge >= 0.3 is 0 Å². The van der Waals surface area contributed by atoms with Gasteiger partial charge in [-0.3, -0.25) is 4.68 Å². The molecule has 1 heterocycles. The molecule has 0 amide bonds. The van der Waals surface area contributed by atoms with Crippen LogP contribution in [-0.4, -0.2) is 14.9 Å². The Morgan fingerprint density at radius 2 is 2.19 bits per heavy atom. The van der Waals surface area contributed by atoms with Crippen LogP contribution in [0.3, 0.4) is 0 Å². The Morgan fingerprint density at radius 1 is 1.38 bits per heavy atom. The van der Waals surface area contributed by atoms with Gasteiger partial charge in [0.25, 0.3) is 0 Å². The van der Waals surface area contributed by atoms with Crippen molar-refractivity contribution in [3.8, 4) is 11.1 Å². The van der Waals surface area contributed by atoms with Gasteiger partial charge in [0.05, 0.1) is 12.8 Å². The van der Waals surface area contributed by atoms with Crippen LogP contribution in [-0.2, 0) is 13.2 Å². The topological polar surface area (TPSA) is 38.0 Å². The summed E-state index contributed by atoms with van der Waals surface area (Å²) in [5.41, 5.74) is 2.79. The van der Waals surface area contributed by atoms with E-state index < -0.39 is 0 Å². The number of hydrogen-bond donors (Lipinski definition) is 1. The SMILES string of the molecule is CCn1cc(-c2ccc(CO)c(Cl)c2)cn1. The molecular formula is C12H13ClN2O. The molecule has 16 heavy (non-hydrogen) atoms. The van der Waals surface area contributed by atoms with Crippen molar-refractivity contribution < 1.29 is 5.11 Å². The average molecular weight is 237 g/mol. The van der Waals surface area contributed by atoms with E-state index in [2.05, 4.69) is 5.10 Å². The van der Waals surface area contributed by atoms with E-state index in [-0.39, 0.29) is 6.61 Å². The predicted octanol–water partition coefficient (Wildman–Crippen LogP) is 2.72. The number of benzene rings is 1. The highest BCUT2D eigenvalue weighted by Gasteiger charge is 2.04. The predicted molar refractivity (Wildman–Crippen MR) is 64.3 cm³/mol. The monoisotopic (exact) mass is 236 g/mol. The van der Waals surface area contributed by atoms with E-state index in [1.54, 1.807) is 0 Å². The second-order valence-corrected chi connectivity index (χ2v) is 3.96. The van der Waals surface area contributed by atoms with Crippen LogP contribution in [0.15, 0.2) is 30.6 Å². The molecule has 0 bridgehead atoms. The Kier molecular flexibility index (Phi) is 3.27. The smallest absolute Gasteiger partial charge is 0.0696 e. The summed E-state index contributed by atoms with van der Waals surface area (Å²) in [5.74, 6) is 0. The summed E-state index contributed by atoms with van der Waals surface area (Å²) in [4.78, 5) is 0. The van der Waals surface area contributed by atoms with Crippen LogP contribution in [0.2, 0.25) is 5.02 Å². The quantitative estimate of drug-likeness (QED) is 0.890. The minimum Gasteiger partial charge on any atom is -0.392 e. The molecule has 1 N–H and O–H groups in total. The van der Waals surface area contributed by atoms with E-state index in [1.807, 2.05) is 42.2 Å². The van der Waals surface area contributed by atoms with E-state index in [1.165, 1.54) is 0 Å². The van der Waals surface area contributed by atoms with Crippen molar-refractivity contribution in [1.29, 1.82) is 0 Å². The van der Waals surface area contributed by atoms with Gasteiger partial charge in [-0.15, -0.1) is 0 Å². The van der Waals surface area contributed by atoms with E-state index in [4.69, 9.17) is 16.7 Å². The fourth-order valence-electron chi connectivity index (χ4n) is 1.54. The normalized spacial score (nSPS) is 10.7. The number of hydrogen-bond acceptors (Lipinski definition) is 2. The number of nitrogens with zero attached hydrogens (tertiary/aromatic N) is 2. The summed E-state index contributed by atoms with van der Waals surface area (Å²) in [6.45, 7) is 2.86. The molecule has 0 aliphatic carbocycles. The maximum Gasteiger partial charge on any atom is 0.0696 e. The average Bonchev–Trinajstić information content (AvgIpc) is 2.77. The Hall–Kier alpha value is -1.32. The number of aliphatic hydroxyl groups is 1. The molecule has 0 fully saturated rings. The fraction of sp³-hybridized carbons (Fsp3) is 0.250. The second-order valence-electron chi connectivity index (χ2n) is 3.55. The van der Waals surface area contributed by atoms with Gasteiger partial charge in [-0.2, -0.15) is 5.10 Å². The Bertz CT molecular complexity index is 494. The zero-order valence-electron chi connectivity index (χ0n) is 9.02. The molecule has 0 saturated carbocycles. The zero-order chi connectivity index (χ0) is 11.5. The summed E-state index contributed by atoms with van der Waals surface area (Å²) in [7, 11) is 0. The van der Waals surface area contributed by atoms with Crippen LogP contribution < -0.4 is 0 Å². The summed E-state index contributed by atoms with van der Waals surface area (Å²) in [6, 6.07) is 5.62. The molecule has 0 saturated heterocycles. The molecule has 0 radical (unpaired) electrons. The molecule has 2 aromatic rings. The number of aryl methyl sites for hydroxylation is 1. The summed E-state index contributed by atoms with van der Waals surface area (Å²) in [6.07, 6.45) is 3.79. The molecule has 0 unspecified atom stereocenters. The number of halogens is 1. The van der Waals surface area contributed by atoms with E-state index >= 15 is 0 Å². The maximum absolute atomic E-state index is 9.02. The lowest BCUT2D eigenvalue weighted by atomic mass is 10.1. The third-order valence-electron chi connectivity index (χ3n) is 2.51. The van der Waals surface area contributed by atoms with Crippen molar-refractivity contribution in [2.45, 2.75) is 20.1 Å². The lowest BCUT2D eigenvalue weighted by Gasteiger charge is -2.02. The highest BCUT2D eigenvalue weighted by atomic mass is 35.5. The van der Waals surface area contributed by atoms with Crippen molar-refractivity contribution >= 4 is 11.6 Å². The van der Waals surface area contributed by atoms with Gasteiger partial charge < -0.3 is 5.11 Å². The summed E-state index contributed by atoms with van der Waals surface area (Å²) >= 11 is 6.03. The first-order chi connectivity index (χ1) is 7.74. The molecule has 3 nitrogen and oxygen atoms in total. The fourth-order valence-corrected chi connectivity index (χ4v) is 1.78. The highest BCUT2D eigenvalue weighted by molar-refractivity contribution is 6.31. The molecule has 1 aromatic heterocycles. The minimum atomic E-state index is -0.0344. The minimum absolute atomic E-state index is 0.0344. The number of aromatic nitrogens is 2. The van der Waals surface area contributed by atoms with Crippen LogP contribution in [0.25, 0.3) is 11.1 Å². The zero-order valence-corrected chi connectivity index (χ0v) is 9.78. The summed E-state index contributed by atoms with van der Waals surface area (Å²) in [5, 5.41) is 13.8. The maximum atomic E-state index is 9.02. The molecule has 0 spiro atoms. The van der Waals surface area contributed by atoms with E-state index in [0.29, 0.717) is 5.02 Å². The molecule has 84 valence electrons. The van der Waals surface area contributed by atoms with Crippen molar-refractivity contribution in [2.75, 3.05) is 0 Å². The van der Waals surface area contributed by atoms with Gasteiger partial charge in [-0.05, 0) is 24.1 Å². The number of aliphatic hydroxyl groups excluding tert-OH is 1. The van der Waals surface area contributed by atoms with Crippen LogP contribution in [0.5, 0.6) is 0 Å². The van der Waals surface area contributed by atoms with Gasteiger partial charge in [-0.1, -0.05) is 23.7 Å². The second kappa shape index (κ2) is 4.68. The van der Waals surface area contributed by atoms with E-state index in [0.717, 1.165) is 23.2 Å². The molecule has 1 aromatic carbocycles. The molecular weight excluding hydrogens is 224 g/mol. The largest absolute Gasteiger partial charge is 0.392 e. The van der Waals surface area contributed by atoms with E-state index in [9.17, 15) is 0 Å². The Labute approximate surface area is 99.3 Å².